The molecule has 5 rings (SSSR count). The smallest absolute Gasteiger partial charge is 0.410 e. The number of hydrogen-bond acceptors (Lipinski definition) is 6. The number of ether oxygens (including phenoxy) is 1. The first-order valence-corrected chi connectivity index (χ1v) is 14.9. The van der Waals surface area contributed by atoms with Crippen LogP contribution in [0.1, 0.15) is 34.6 Å². The highest BCUT2D eigenvalue weighted by Crippen LogP contribution is 2.34. The number of amides is 1. The molecule has 9 heteroatoms. The van der Waals surface area contributed by atoms with Gasteiger partial charge in [-0.2, -0.15) is 5.10 Å². The minimum Gasteiger partial charge on any atom is -0.444 e. The zero-order valence-corrected chi connectivity index (χ0v) is 24.0. The normalized spacial score (nSPS) is 14.9. The Bertz CT molecular complexity index is 1620. The van der Waals surface area contributed by atoms with Crippen molar-refractivity contribution in [2.24, 2.45) is 5.92 Å². The molecule has 0 aliphatic carbocycles. The molecule has 1 aliphatic heterocycles. The number of sulfone groups is 1. The number of aromatic nitrogens is 2. The maximum atomic E-state index is 14.1. The van der Waals surface area contributed by atoms with Gasteiger partial charge >= 0.3 is 6.09 Å². The number of carbonyl (C=O) groups excluding carboxylic acids is 1. The van der Waals surface area contributed by atoms with Crippen molar-refractivity contribution < 1.29 is 17.9 Å². The van der Waals surface area contributed by atoms with E-state index in [-0.39, 0.29) is 16.0 Å². The Hall–Kier alpha value is -3.59. The molecular formula is C30H36N4O4S. The van der Waals surface area contributed by atoms with E-state index in [1.807, 2.05) is 74.0 Å². The molecule has 1 saturated heterocycles. The minimum absolute atomic E-state index is 0.0729. The van der Waals surface area contributed by atoms with Crippen LogP contribution in [0.2, 0.25) is 0 Å². The van der Waals surface area contributed by atoms with Crippen molar-refractivity contribution in [3.05, 3.63) is 60.7 Å². The van der Waals surface area contributed by atoms with E-state index in [1.165, 1.54) is 0 Å². The van der Waals surface area contributed by atoms with Crippen LogP contribution in [0.15, 0.2) is 70.6 Å². The molecule has 4 aromatic rings. The number of benzene rings is 3. The molecule has 0 saturated carbocycles. The fourth-order valence-electron chi connectivity index (χ4n) is 5.03. The number of carbonyl (C=O) groups is 1. The third-order valence-electron chi connectivity index (χ3n) is 6.83. The van der Waals surface area contributed by atoms with Gasteiger partial charge in [0.25, 0.3) is 0 Å². The summed E-state index contributed by atoms with van der Waals surface area (Å²) in [4.78, 5) is 16.7. The predicted octanol–water partition coefficient (Wildman–Crippen LogP) is 5.74. The molecule has 1 aromatic heterocycles. The van der Waals surface area contributed by atoms with E-state index in [2.05, 4.69) is 23.8 Å². The Morgan fingerprint density at radius 2 is 1.64 bits per heavy atom. The Balaban J connectivity index is 1.52. The van der Waals surface area contributed by atoms with Crippen LogP contribution in [0.3, 0.4) is 0 Å². The van der Waals surface area contributed by atoms with Gasteiger partial charge in [-0.1, -0.05) is 50.2 Å². The SMILES string of the molecule is CC(C)Cn1nc(S(=O)(=O)c2cccc3ccccc23)c2cc(N3CCN(C(=O)OC(C)(C)C)CC3)ccc21. The second kappa shape index (κ2) is 10.2. The molecule has 0 unspecified atom stereocenters. The Morgan fingerprint density at radius 1 is 0.949 bits per heavy atom. The zero-order chi connectivity index (χ0) is 27.9. The number of piperazine rings is 1. The molecule has 2 heterocycles. The molecule has 39 heavy (non-hydrogen) atoms. The van der Waals surface area contributed by atoms with Crippen LogP contribution in [0.25, 0.3) is 21.7 Å². The topological polar surface area (TPSA) is 84.7 Å². The van der Waals surface area contributed by atoms with Gasteiger partial charge in [-0.3, -0.25) is 4.68 Å². The fraction of sp³-hybridized carbons (Fsp3) is 0.400. The summed E-state index contributed by atoms with van der Waals surface area (Å²) in [6.45, 7) is 12.7. The third kappa shape index (κ3) is 5.45. The maximum absolute atomic E-state index is 14.1. The first-order chi connectivity index (χ1) is 18.4. The number of hydrogen-bond donors (Lipinski definition) is 0. The average molecular weight is 549 g/mol. The van der Waals surface area contributed by atoms with Crippen molar-refractivity contribution in [2.75, 3.05) is 31.1 Å². The molecule has 0 N–H and O–H groups in total. The van der Waals surface area contributed by atoms with Crippen molar-refractivity contribution >= 4 is 43.3 Å². The van der Waals surface area contributed by atoms with E-state index < -0.39 is 15.4 Å². The molecule has 0 atom stereocenters. The van der Waals surface area contributed by atoms with Gasteiger partial charge in [0.15, 0.2) is 5.03 Å². The van der Waals surface area contributed by atoms with Crippen molar-refractivity contribution in [3.63, 3.8) is 0 Å². The second-order valence-electron chi connectivity index (χ2n) is 11.5. The molecule has 1 fully saturated rings. The first-order valence-electron chi connectivity index (χ1n) is 13.4. The van der Waals surface area contributed by atoms with Crippen LogP contribution in [0.5, 0.6) is 0 Å². The van der Waals surface area contributed by atoms with Crippen LogP contribution >= 0.6 is 0 Å². The second-order valence-corrected chi connectivity index (χ2v) is 13.4. The Morgan fingerprint density at radius 3 is 2.33 bits per heavy atom. The van der Waals surface area contributed by atoms with Gasteiger partial charge in [-0.15, -0.1) is 0 Å². The van der Waals surface area contributed by atoms with Gasteiger partial charge in [0.05, 0.1) is 10.4 Å². The maximum Gasteiger partial charge on any atom is 0.410 e. The number of anilines is 1. The van der Waals surface area contributed by atoms with Gasteiger partial charge in [-0.25, -0.2) is 13.2 Å². The molecule has 1 aliphatic rings. The van der Waals surface area contributed by atoms with Crippen LogP contribution < -0.4 is 4.90 Å². The lowest BCUT2D eigenvalue weighted by Crippen LogP contribution is -2.50. The van der Waals surface area contributed by atoms with E-state index in [0.29, 0.717) is 49.4 Å². The summed E-state index contributed by atoms with van der Waals surface area (Å²) in [6.07, 6.45) is -0.309. The third-order valence-corrected chi connectivity index (χ3v) is 8.57. The average Bonchev–Trinajstić information content (AvgIpc) is 3.25. The highest BCUT2D eigenvalue weighted by Gasteiger charge is 2.29. The predicted molar refractivity (Wildman–Crippen MR) is 154 cm³/mol. The van der Waals surface area contributed by atoms with Gasteiger partial charge in [0.1, 0.15) is 5.60 Å². The van der Waals surface area contributed by atoms with E-state index >= 15 is 0 Å². The zero-order valence-electron chi connectivity index (χ0n) is 23.2. The molecular weight excluding hydrogens is 512 g/mol. The van der Waals surface area contributed by atoms with Crippen molar-refractivity contribution in [1.29, 1.82) is 0 Å². The summed E-state index contributed by atoms with van der Waals surface area (Å²) in [6, 6.07) is 18.8. The lowest BCUT2D eigenvalue weighted by Gasteiger charge is -2.36. The molecule has 1 amide bonds. The van der Waals surface area contributed by atoms with Crippen LogP contribution in [0, 0.1) is 5.92 Å². The number of fused-ring (bicyclic) bond motifs is 2. The van der Waals surface area contributed by atoms with Crippen LogP contribution in [-0.2, 0) is 21.1 Å². The molecule has 0 bridgehead atoms. The lowest BCUT2D eigenvalue weighted by molar-refractivity contribution is 0.0240. The summed E-state index contributed by atoms with van der Waals surface area (Å²) in [5, 5.41) is 6.91. The molecule has 0 spiro atoms. The summed E-state index contributed by atoms with van der Waals surface area (Å²) in [7, 11) is -3.91. The first kappa shape index (κ1) is 27.0. The van der Waals surface area contributed by atoms with Gasteiger partial charge < -0.3 is 14.5 Å². The quantitative estimate of drug-likeness (QED) is 0.316. The monoisotopic (exact) mass is 548 g/mol. The molecule has 3 aromatic carbocycles. The van der Waals surface area contributed by atoms with E-state index in [0.717, 1.165) is 16.6 Å². The van der Waals surface area contributed by atoms with Gasteiger partial charge in [-0.05, 0) is 56.3 Å². The van der Waals surface area contributed by atoms with E-state index in [1.54, 1.807) is 17.0 Å². The number of rotatable bonds is 5. The Kier molecular flexibility index (Phi) is 7.05. The highest BCUT2D eigenvalue weighted by molar-refractivity contribution is 7.91. The van der Waals surface area contributed by atoms with Crippen molar-refractivity contribution in [1.82, 2.24) is 14.7 Å². The summed E-state index contributed by atoms with van der Waals surface area (Å²) in [5.41, 5.74) is 1.16. The van der Waals surface area contributed by atoms with E-state index in [9.17, 15) is 13.2 Å². The van der Waals surface area contributed by atoms with Crippen LogP contribution in [-0.4, -0.2) is 61.0 Å². The largest absolute Gasteiger partial charge is 0.444 e. The lowest BCUT2D eigenvalue weighted by atomic mass is 10.1. The standard InChI is InChI=1S/C30H36N4O4S/c1-21(2)20-34-26-14-13-23(32-15-17-33(18-16-32)29(35)38-30(3,4)5)19-25(26)28(31-34)39(36,37)27-12-8-10-22-9-6-7-11-24(22)27/h6-14,19,21H,15-18,20H2,1-5H3. The van der Waals surface area contributed by atoms with Crippen molar-refractivity contribution in [2.45, 2.75) is 56.7 Å². The molecule has 8 nitrogen and oxygen atoms in total. The summed E-state index contributed by atoms with van der Waals surface area (Å²) >= 11 is 0. The van der Waals surface area contributed by atoms with Gasteiger partial charge in [0, 0.05) is 49.2 Å². The number of nitrogens with zero attached hydrogens (tertiary/aromatic N) is 4. The highest BCUT2D eigenvalue weighted by atomic mass is 32.2. The molecule has 0 radical (unpaired) electrons. The van der Waals surface area contributed by atoms with Crippen LogP contribution in [0.4, 0.5) is 10.5 Å². The summed E-state index contributed by atoms with van der Waals surface area (Å²) < 4.78 is 35.6. The fourth-order valence-corrected chi connectivity index (χ4v) is 6.63. The summed E-state index contributed by atoms with van der Waals surface area (Å²) in [5.74, 6) is 0.293. The Labute approximate surface area is 230 Å². The molecule has 206 valence electrons. The van der Waals surface area contributed by atoms with Crippen molar-refractivity contribution in [3.8, 4) is 0 Å². The van der Waals surface area contributed by atoms with Gasteiger partial charge in [0.2, 0.25) is 9.84 Å². The minimum atomic E-state index is -3.91. The van der Waals surface area contributed by atoms with E-state index in [4.69, 9.17) is 4.74 Å².